The Labute approximate surface area is 216 Å². The average Bonchev–Trinajstić information content (AvgIpc) is 2.91. The Morgan fingerprint density at radius 3 is 2.28 bits per heavy atom. The van der Waals surface area contributed by atoms with Crippen LogP contribution in [0.2, 0.25) is 0 Å². The van der Waals surface area contributed by atoms with Crippen LogP contribution in [0.15, 0.2) is 30.5 Å². The van der Waals surface area contributed by atoms with Crippen molar-refractivity contribution < 1.29 is 5.11 Å². The van der Waals surface area contributed by atoms with Gasteiger partial charge in [-0.3, -0.25) is 4.98 Å². The molecule has 0 amide bonds. The molecule has 1 saturated carbocycles. The second-order valence-corrected chi connectivity index (χ2v) is 11.1. The Morgan fingerprint density at radius 1 is 0.917 bits per heavy atom. The molecule has 3 aliphatic rings. The smallest absolute Gasteiger partial charge is 0.151 e. The lowest BCUT2D eigenvalue weighted by molar-refractivity contribution is 0.0966. The molecule has 3 N–H and O–H groups in total. The second kappa shape index (κ2) is 11.9. The molecule has 0 atom stereocenters. The maximum Gasteiger partial charge on any atom is 0.151 e. The molecule has 0 bridgehead atoms. The molecule has 1 aromatic carbocycles. The van der Waals surface area contributed by atoms with E-state index >= 15 is 0 Å². The number of rotatable bonds is 7. The fourth-order valence-electron chi connectivity index (χ4n) is 6.21. The normalized spacial score (nSPS) is 25.1. The highest BCUT2D eigenvalue weighted by atomic mass is 16.3. The number of hydrogen-bond donors (Lipinski definition) is 3. The van der Waals surface area contributed by atoms with Crippen molar-refractivity contribution in [2.75, 3.05) is 43.9 Å². The van der Waals surface area contributed by atoms with Crippen molar-refractivity contribution in [2.45, 2.75) is 88.8 Å². The quantitative estimate of drug-likeness (QED) is 0.514. The summed E-state index contributed by atoms with van der Waals surface area (Å²) in [4.78, 5) is 14.7. The third-order valence-corrected chi connectivity index (χ3v) is 8.61. The molecule has 1 aliphatic carbocycles. The second-order valence-electron chi connectivity index (χ2n) is 11.1. The number of piperidine rings is 2. The van der Waals surface area contributed by atoms with Gasteiger partial charge in [-0.05, 0) is 115 Å². The van der Waals surface area contributed by atoms with Crippen LogP contribution in [0, 0.1) is 0 Å². The molecule has 3 fully saturated rings. The van der Waals surface area contributed by atoms with Gasteiger partial charge in [0, 0.05) is 17.8 Å². The molecule has 5 rings (SSSR count). The lowest BCUT2D eigenvalue weighted by Gasteiger charge is -2.41. The molecule has 7 nitrogen and oxygen atoms in total. The van der Waals surface area contributed by atoms with E-state index in [0.717, 1.165) is 61.2 Å². The predicted octanol–water partition coefficient (Wildman–Crippen LogP) is 4.77. The molecule has 2 saturated heterocycles. The first-order valence-electron chi connectivity index (χ1n) is 14.2. The molecule has 2 aliphatic heterocycles. The number of likely N-dealkylation sites (tertiary alicyclic amines) is 2. The van der Waals surface area contributed by atoms with Crippen LogP contribution < -0.4 is 10.6 Å². The first kappa shape index (κ1) is 25.4. The van der Waals surface area contributed by atoms with Crippen molar-refractivity contribution in [1.82, 2.24) is 19.8 Å². The van der Waals surface area contributed by atoms with Gasteiger partial charge in [0.1, 0.15) is 5.82 Å². The van der Waals surface area contributed by atoms with Crippen molar-refractivity contribution in [2.24, 2.45) is 0 Å². The average molecular weight is 493 g/mol. The van der Waals surface area contributed by atoms with Gasteiger partial charge in [-0.15, -0.1) is 0 Å². The summed E-state index contributed by atoms with van der Waals surface area (Å²) in [6, 6.07) is 10.1. The van der Waals surface area contributed by atoms with Crippen LogP contribution in [-0.4, -0.2) is 76.3 Å². The van der Waals surface area contributed by atoms with Crippen molar-refractivity contribution in [1.29, 1.82) is 0 Å². The van der Waals surface area contributed by atoms with Crippen molar-refractivity contribution in [3.05, 3.63) is 41.7 Å². The SMILES string of the molecule is CCc1ncc(Nc2ccc(C3CCN(C4CCN(C)CC4)CC3)cc2)nc1N[C@H]1CC[C@H](O)CC1. The van der Waals surface area contributed by atoms with Crippen molar-refractivity contribution in [3.8, 4) is 0 Å². The lowest BCUT2D eigenvalue weighted by Crippen LogP contribution is -2.46. The monoisotopic (exact) mass is 492 g/mol. The van der Waals surface area contributed by atoms with Crippen LogP contribution in [0.1, 0.15) is 75.5 Å². The van der Waals surface area contributed by atoms with E-state index < -0.39 is 0 Å². The van der Waals surface area contributed by atoms with E-state index in [9.17, 15) is 5.11 Å². The van der Waals surface area contributed by atoms with E-state index in [1.54, 1.807) is 0 Å². The highest BCUT2D eigenvalue weighted by molar-refractivity contribution is 5.58. The molecule has 196 valence electrons. The third-order valence-electron chi connectivity index (χ3n) is 8.61. The number of aliphatic hydroxyl groups is 1. The number of hydrogen-bond acceptors (Lipinski definition) is 7. The molecular formula is C29H44N6O. The summed E-state index contributed by atoms with van der Waals surface area (Å²) >= 11 is 0. The van der Waals surface area contributed by atoms with Gasteiger partial charge in [0.15, 0.2) is 5.82 Å². The molecule has 7 heteroatoms. The highest BCUT2D eigenvalue weighted by Crippen LogP contribution is 2.32. The first-order chi connectivity index (χ1) is 17.6. The Hall–Kier alpha value is -2.22. The van der Waals surface area contributed by atoms with Gasteiger partial charge >= 0.3 is 0 Å². The zero-order valence-electron chi connectivity index (χ0n) is 22.1. The summed E-state index contributed by atoms with van der Waals surface area (Å²) in [7, 11) is 2.24. The Bertz CT molecular complexity index is 958. The van der Waals surface area contributed by atoms with E-state index in [2.05, 4.69) is 63.7 Å². The van der Waals surface area contributed by atoms with Gasteiger partial charge < -0.3 is 25.5 Å². The van der Waals surface area contributed by atoms with Crippen LogP contribution in [0.4, 0.5) is 17.3 Å². The van der Waals surface area contributed by atoms with Crippen LogP contribution in [0.3, 0.4) is 0 Å². The standard InChI is InChI=1S/C29H44N6O/c1-3-27-29(32-24-8-10-26(36)11-9-24)33-28(20-30-27)31-23-6-4-21(5-7-23)22-12-18-35(19-13-22)25-14-16-34(2)17-15-25/h4-7,20,22,24-26,36H,3,8-19H2,1-2H3,(H2,31,32,33)/t24-,26-. The van der Waals surface area contributed by atoms with Crippen molar-refractivity contribution in [3.63, 3.8) is 0 Å². The number of aromatic nitrogens is 2. The minimum Gasteiger partial charge on any atom is -0.393 e. The Kier molecular flexibility index (Phi) is 8.40. The summed E-state index contributed by atoms with van der Waals surface area (Å²) in [5.74, 6) is 2.30. The fourth-order valence-corrected chi connectivity index (χ4v) is 6.21. The molecule has 36 heavy (non-hydrogen) atoms. The van der Waals surface area contributed by atoms with Gasteiger partial charge in [0.2, 0.25) is 0 Å². The van der Waals surface area contributed by atoms with Crippen LogP contribution >= 0.6 is 0 Å². The van der Waals surface area contributed by atoms with Crippen LogP contribution in [0.25, 0.3) is 0 Å². The van der Waals surface area contributed by atoms with E-state index in [1.807, 2.05) is 6.20 Å². The predicted molar refractivity (Wildman–Crippen MR) is 147 cm³/mol. The van der Waals surface area contributed by atoms with Gasteiger partial charge in [0.05, 0.1) is 18.0 Å². The summed E-state index contributed by atoms with van der Waals surface area (Å²) in [6.45, 7) is 7.06. The molecule has 1 aromatic heterocycles. The maximum absolute atomic E-state index is 9.81. The van der Waals surface area contributed by atoms with Gasteiger partial charge in [0.25, 0.3) is 0 Å². The molecular weight excluding hydrogens is 448 g/mol. The van der Waals surface area contributed by atoms with E-state index in [0.29, 0.717) is 12.0 Å². The fraction of sp³-hybridized carbons (Fsp3) is 0.655. The summed E-state index contributed by atoms with van der Waals surface area (Å²) in [5, 5.41) is 16.9. The zero-order valence-corrected chi connectivity index (χ0v) is 22.1. The summed E-state index contributed by atoms with van der Waals surface area (Å²) < 4.78 is 0. The molecule has 0 spiro atoms. The largest absolute Gasteiger partial charge is 0.393 e. The Morgan fingerprint density at radius 2 is 1.61 bits per heavy atom. The lowest BCUT2D eigenvalue weighted by atomic mass is 9.88. The highest BCUT2D eigenvalue weighted by Gasteiger charge is 2.28. The Balaban J connectivity index is 1.16. The minimum atomic E-state index is -0.150. The van der Waals surface area contributed by atoms with E-state index in [4.69, 9.17) is 4.98 Å². The molecule has 0 unspecified atom stereocenters. The zero-order chi connectivity index (χ0) is 24.9. The minimum absolute atomic E-state index is 0.150. The number of nitrogens with zero attached hydrogens (tertiary/aromatic N) is 4. The molecule has 3 heterocycles. The van der Waals surface area contributed by atoms with E-state index in [-0.39, 0.29) is 6.10 Å². The number of aryl methyl sites for hydroxylation is 1. The van der Waals surface area contributed by atoms with Crippen LogP contribution in [0.5, 0.6) is 0 Å². The van der Waals surface area contributed by atoms with Crippen molar-refractivity contribution >= 4 is 17.3 Å². The summed E-state index contributed by atoms with van der Waals surface area (Å²) in [5.41, 5.74) is 3.50. The van der Waals surface area contributed by atoms with Gasteiger partial charge in [-0.25, -0.2) is 4.98 Å². The first-order valence-corrected chi connectivity index (χ1v) is 14.2. The number of benzene rings is 1. The number of aliphatic hydroxyl groups excluding tert-OH is 1. The molecule has 2 aromatic rings. The topological polar surface area (TPSA) is 76.6 Å². The van der Waals surface area contributed by atoms with Gasteiger partial charge in [-0.2, -0.15) is 0 Å². The number of nitrogens with one attached hydrogen (secondary N) is 2. The number of anilines is 3. The van der Waals surface area contributed by atoms with E-state index in [1.165, 1.54) is 57.4 Å². The summed E-state index contributed by atoms with van der Waals surface area (Å²) in [6.07, 6.45) is 11.4. The maximum atomic E-state index is 9.81. The third kappa shape index (κ3) is 6.36. The molecule has 0 radical (unpaired) electrons. The van der Waals surface area contributed by atoms with Crippen LogP contribution in [-0.2, 0) is 6.42 Å². The van der Waals surface area contributed by atoms with Gasteiger partial charge in [-0.1, -0.05) is 19.1 Å².